The first-order valence-corrected chi connectivity index (χ1v) is 7.52. The molecule has 0 saturated carbocycles. The van der Waals surface area contributed by atoms with E-state index in [1.165, 1.54) is 0 Å². The number of ether oxygens (including phenoxy) is 1. The summed E-state index contributed by atoms with van der Waals surface area (Å²) in [6, 6.07) is 6.79. The van der Waals surface area contributed by atoms with Crippen molar-refractivity contribution in [1.29, 1.82) is 0 Å². The maximum Gasteiger partial charge on any atom is 0.241 e. The molecule has 0 saturated heterocycles. The summed E-state index contributed by atoms with van der Waals surface area (Å²) in [5.41, 5.74) is 8.32. The van der Waals surface area contributed by atoms with Crippen LogP contribution in [0.2, 0.25) is 0 Å². The van der Waals surface area contributed by atoms with E-state index < -0.39 is 6.04 Å². The third kappa shape index (κ3) is 4.50. The number of amides is 1. The number of carbonyl (C=O) groups excluding carboxylic acids is 1. The summed E-state index contributed by atoms with van der Waals surface area (Å²) in [6.45, 7) is 4.07. The first-order valence-electron chi connectivity index (χ1n) is 7.52. The maximum atomic E-state index is 12.1. The van der Waals surface area contributed by atoms with Crippen molar-refractivity contribution >= 4 is 11.6 Å². The van der Waals surface area contributed by atoms with Crippen LogP contribution in [0.3, 0.4) is 0 Å². The van der Waals surface area contributed by atoms with Gasteiger partial charge in [0.15, 0.2) is 0 Å². The van der Waals surface area contributed by atoms with Crippen LogP contribution >= 0.6 is 0 Å². The smallest absolute Gasteiger partial charge is 0.241 e. The number of hydrogen-bond acceptors (Lipinski definition) is 5. The molecular weight excluding hydrogens is 292 g/mol. The number of aromatic nitrogens is 2. The minimum Gasteiger partial charge on any atom is -0.496 e. The Morgan fingerprint density at radius 2 is 2.09 bits per heavy atom. The Hall–Kier alpha value is -2.47. The number of nitrogens with zero attached hydrogens (tertiary/aromatic N) is 2. The molecule has 1 aromatic heterocycles. The SMILES string of the molecule is COc1cc(NC(=O)C(N)CC(C)C)ccc1-c1ccnnc1. The molecule has 1 aromatic carbocycles. The van der Waals surface area contributed by atoms with Crippen molar-refractivity contribution in [3.8, 4) is 16.9 Å². The fourth-order valence-electron chi connectivity index (χ4n) is 2.31. The number of nitrogens with one attached hydrogen (secondary N) is 1. The van der Waals surface area contributed by atoms with E-state index in [0.29, 0.717) is 23.8 Å². The van der Waals surface area contributed by atoms with Gasteiger partial charge in [-0.3, -0.25) is 4.79 Å². The summed E-state index contributed by atoms with van der Waals surface area (Å²) in [5.74, 6) is 0.819. The van der Waals surface area contributed by atoms with Crippen LogP contribution in [-0.2, 0) is 4.79 Å². The highest BCUT2D eigenvalue weighted by Gasteiger charge is 2.16. The number of methoxy groups -OCH3 is 1. The Bertz CT molecular complexity index is 659. The Labute approximate surface area is 136 Å². The second-order valence-corrected chi connectivity index (χ2v) is 5.77. The Morgan fingerprint density at radius 3 is 2.70 bits per heavy atom. The molecule has 122 valence electrons. The van der Waals surface area contributed by atoms with Crippen molar-refractivity contribution in [1.82, 2.24) is 10.2 Å². The van der Waals surface area contributed by atoms with Gasteiger partial charge >= 0.3 is 0 Å². The van der Waals surface area contributed by atoms with Crippen molar-refractivity contribution in [3.05, 3.63) is 36.7 Å². The van der Waals surface area contributed by atoms with Gasteiger partial charge in [0, 0.05) is 22.9 Å². The fraction of sp³-hybridized carbons (Fsp3) is 0.353. The van der Waals surface area contributed by atoms with Crippen LogP contribution in [0.15, 0.2) is 36.7 Å². The summed E-state index contributed by atoms with van der Waals surface area (Å²) in [5, 5.41) is 10.5. The first-order chi connectivity index (χ1) is 11.0. The molecule has 1 heterocycles. The predicted molar refractivity (Wildman–Crippen MR) is 90.1 cm³/mol. The molecule has 1 amide bonds. The largest absolute Gasteiger partial charge is 0.496 e. The summed E-state index contributed by atoms with van der Waals surface area (Å²) in [7, 11) is 1.59. The van der Waals surface area contributed by atoms with Gasteiger partial charge in [-0.1, -0.05) is 13.8 Å². The van der Waals surface area contributed by atoms with E-state index in [4.69, 9.17) is 10.5 Å². The van der Waals surface area contributed by atoms with Crippen LogP contribution in [0.1, 0.15) is 20.3 Å². The summed E-state index contributed by atoms with van der Waals surface area (Å²) in [6.07, 6.45) is 3.92. The third-order valence-corrected chi connectivity index (χ3v) is 3.43. The van der Waals surface area contributed by atoms with Crippen LogP contribution in [0.4, 0.5) is 5.69 Å². The van der Waals surface area contributed by atoms with Crippen LogP contribution in [0.5, 0.6) is 5.75 Å². The lowest BCUT2D eigenvalue weighted by Crippen LogP contribution is -2.36. The number of nitrogens with two attached hydrogens (primary N) is 1. The van der Waals surface area contributed by atoms with Crippen LogP contribution in [0.25, 0.3) is 11.1 Å². The molecule has 0 bridgehead atoms. The predicted octanol–water partition coefficient (Wildman–Crippen LogP) is 2.46. The van der Waals surface area contributed by atoms with Crippen molar-refractivity contribution in [2.75, 3.05) is 12.4 Å². The molecule has 0 aliphatic carbocycles. The van der Waals surface area contributed by atoms with Gasteiger partial charge in [0.2, 0.25) is 5.91 Å². The molecule has 2 aromatic rings. The second kappa shape index (κ2) is 7.69. The minimum absolute atomic E-state index is 0.195. The lowest BCUT2D eigenvalue weighted by molar-refractivity contribution is -0.117. The molecule has 1 atom stereocenters. The highest BCUT2D eigenvalue weighted by Crippen LogP contribution is 2.31. The summed E-state index contributed by atoms with van der Waals surface area (Å²) < 4.78 is 5.42. The molecule has 0 aliphatic heterocycles. The van der Waals surface area contributed by atoms with Gasteiger partial charge in [0.05, 0.1) is 25.5 Å². The van der Waals surface area contributed by atoms with Gasteiger partial charge in [-0.15, -0.1) is 0 Å². The van der Waals surface area contributed by atoms with Gasteiger partial charge < -0.3 is 15.8 Å². The molecule has 0 spiro atoms. The van der Waals surface area contributed by atoms with Crippen LogP contribution in [-0.4, -0.2) is 29.3 Å². The number of benzene rings is 1. The van der Waals surface area contributed by atoms with E-state index >= 15 is 0 Å². The lowest BCUT2D eigenvalue weighted by atomic mass is 10.0. The Balaban J connectivity index is 2.18. The van der Waals surface area contributed by atoms with Gasteiger partial charge in [0.25, 0.3) is 0 Å². The van der Waals surface area contributed by atoms with Gasteiger partial charge in [-0.2, -0.15) is 10.2 Å². The van der Waals surface area contributed by atoms with E-state index in [1.54, 1.807) is 25.6 Å². The van der Waals surface area contributed by atoms with Crippen molar-refractivity contribution in [2.24, 2.45) is 11.7 Å². The molecule has 3 N–H and O–H groups in total. The van der Waals surface area contributed by atoms with E-state index in [2.05, 4.69) is 15.5 Å². The standard InChI is InChI=1S/C17H22N4O2/c1-11(2)8-15(18)17(22)21-13-4-5-14(16(9-13)23-3)12-6-7-19-20-10-12/h4-7,9-11,15H,8,18H2,1-3H3,(H,21,22). The quantitative estimate of drug-likeness (QED) is 0.855. The molecule has 0 fully saturated rings. The molecule has 0 aliphatic rings. The zero-order valence-corrected chi connectivity index (χ0v) is 13.6. The average molecular weight is 314 g/mol. The van der Waals surface area contributed by atoms with Crippen LogP contribution in [0, 0.1) is 5.92 Å². The first kappa shape index (κ1) is 16.9. The van der Waals surface area contributed by atoms with Gasteiger partial charge in [0.1, 0.15) is 5.75 Å². The third-order valence-electron chi connectivity index (χ3n) is 3.43. The van der Waals surface area contributed by atoms with E-state index in [-0.39, 0.29) is 5.91 Å². The van der Waals surface area contributed by atoms with E-state index in [0.717, 1.165) is 11.1 Å². The van der Waals surface area contributed by atoms with Crippen LogP contribution < -0.4 is 15.8 Å². The molecular formula is C17H22N4O2. The lowest BCUT2D eigenvalue weighted by Gasteiger charge is -2.15. The van der Waals surface area contributed by atoms with Crippen molar-refractivity contribution < 1.29 is 9.53 Å². The van der Waals surface area contributed by atoms with E-state index in [9.17, 15) is 4.79 Å². The van der Waals surface area contributed by atoms with Gasteiger partial charge in [-0.05, 0) is 30.5 Å². The van der Waals surface area contributed by atoms with Crippen molar-refractivity contribution in [2.45, 2.75) is 26.3 Å². The zero-order chi connectivity index (χ0) is 16.8. The molecule has 6 heteroatoms. The zero-order valence-electron chi connectivity index (χ0n) is 13.6. The molecule has 0 radical (unpaired) electrons. The summed E-state index contributed by atoms with van der Waals surface area (Å²) in [4.78, 5) is 12.1. The Kier molecular flexibility index (Phi) is 5.65. The number of hydrogen-bond donors (Lipinski definition) is 2. The topological polar surface area (TPSA) is 90.1 Å². The molecule has 2 rings (SSSR count). The average Bonchev–Trinajstić information content (AvgIpc) is 2.54. The Morgan fingerprint density at radius 1 is 1.30 bits per heavy atom. The number of rotatable bonds is 6. The number of anilines is 1. The minimum atomic E-state index is -0.523. The fourth-order valence-corrected chi connectivity index (χ4v) is 2.31. The highest BCUT2D eigenvalue weighted by molar-refractivity contribution is 5.95. The normalized spacial score (nSPS) is 12.0. The molecule has 6 nitrogen and oxygen atoms in total. The molecule has 23 heavy (non-hydrogen) atoms. The second-order valence-electron chi connectivity index (χ2n) is 5.77. The monoisotopic (exact) mass is 314 g/mol. The highest BCUT2D eigenvalue weighted by atomic mass is 16.5. The van der Waals surface area contributed by atoms with Crippen molar-refractivity contribution in [3.63, 3.8) is 0 Å². The van der Waals surface area contributed by atoms with Gasteiger partial charge in [-0.25, -0.2) is 0 Å². The number of carbonyl (C=O) groups is 1. The van der Waals surface area contributed by atoms with E-state index in [1.807, 2.05) is 32.0 Å². The molecule has 1 unspecified atom stereocenters. The summed E-state index contributed by atoms with van der Waals surface area (Å²) >= 11 is 0. The maximum absolute atomic E-state index is 12.1.